The van der Waals surface area contributed by atoms with E-state index in [0.29, 0.717) is 0 Å². The van der Waals surface area contributed by atoms with Crippen molar-refractivity contribution in [3.05, 3.63) is 53.5 Å². The Morgan fingerprint density at radius 3 is 2.09 bits per heavy atom. The van der Waals surface area contributed by atoms with Crippen LogP contribution in [-0.2, 0) is 11.8 Å². The summed E-state index contributed by atoms with van der Waals surface area (Å²) in [5, 5.41) is 4.39. The third kappa shape index (κ3) is 4.42. The van der Waals surface area contributed by atoms with Crippen LogP contribution in [0.1, 0.15) is 11.4 Å². The van der Waals surface area contributed by atoms with Crippen LogP contribution in [0.3, 0.4) is 0 Å². The molecule has 0 saturated carbocycles. The van der Waals surface area contributed by atoms with Gasteiger partial charge >= 0.3 is 0 Å². The summed E-state index contributed by atoms with van der Waals surface area (Å²) in [6.45, 7) is 1.93. The van der Waals surface area contributed by atoms with Crippen LogP contribution in [0.2, 0.25) is 0 Å². The molecule has 0 atom stereocenters. The molecule has 0 bridgehead atoms. The van der Waals surface area contributed by atoms with Crippen LogP contribution in [0, 0.1) is 6.92 Å². The summed E-state index contributed by atoms with van der Waals surface area (Å²) in [5.74, 6) is 0.461. The Hall–Kier alpha value is -3.28. The number of nitrogens with zero attached hydrogens (tertiary/aromatic N) is 3. The number of hydrogen-bond donors (Lipinski definition) is 1. The van der Waals surface area contributed by atoms with Gasteiger partial charge in [0.1, 0.15) is 66.6 Å². The van der Waals surface area contributed by atoms with E-state index in [1.807, 2.05) is 42.9 Å². The van der Waals surface area contributed by atoms with Crippen LogP contribution < -0.4 is 32.6 Å². The molecule has 2 heterocycles. The highest BCUT2D eigenvalue weighted by atomic mass is 16.1. The molecule has 12 heteroatoms. The summed E-state index contributed by atoms with van der Waals surface area (Å²) in [4.78, 5) is 21.5. The first-order valence-corrected chi connectivity index (χ1v) is 10.5. The molecule has 5 nitrogen and oxygen atoms in total. The van der Waals surface area contributed by atoms with Gasteiger partial charge in [0.25, 0.3) is 0 Å². The Morgan fingerprint density at radius 1 is 0.857 bits per heavy atom. The normalized spacial score (nSPS) is 11.9. The molecule has 2 aromatic carbocycles. The van der Waals surface area contributed by atoms with Gasteiger partial charge in [-0.3, -0.25) is 4.79 Å². The van der Waals surface area contributed by atoms with E-state index in [4.69, 9.17) is 54.9 Å². The van der Waals surface area contributed by atoms with Crippen molar-refractivity contribution in [1.82, 2.24) is 14.5 Å². The predicted molar refractivity (Wildman–Crippen MR) is 149 cm³/mol. The minimum atomic E-state index is -0.708. The van der Waals surface area contributed by atoms with Gasteiger partial charge in [0.05, 0.1) is 11.9 Å². The molecule has 0 aliphatic carbocycles. The van der Waals surface area contributed by atoms with Crippen LogP contribution in [-0.4, -0.2) is 75.4 Å². The highest BCUT2D eigenvalue weighted by Gasteiger charge is 2.16. The third-order valence-electron chi connectivity index (χ3n) is 5.98. The van der Waals surface area contributed by atoms with Crippen LogP contribution in [0.25, 0.3) is 27.5 Å². The molecular formula is C23H13B7N4O. The number of pyridine rings is 1. The lowest BCUT2D eigenvalue weighted by Gasteiger charge is -2.23. The van der Waals surface area contributed by atoms with Crippen molar-refractivity contribution >= 4 is 110 Å². The number of carbonyl (C=O) groups excluding carboxylic acids is 1. The van der Waals surface area contributed by atoms with Gasteiger partial charge in [-0.1, -0.05) is 28.5 Å². The molecule has 1 N–H and O–H groups in total. The standard InChI is InChI=1S/C23H13B7N4O/c1-9-31-8-13(34(9)2)10-3-4-11-7-32-14(6-12(11)5-10)33-23(35)22(30)18(26)15-16(24)19(27)21(29)20(28)17(15)25/h3-8H,1-2H3,(H,32,33,35)/b22-18+. The fourth-order valence-electron chi connectivity index (χ4n) is 3.72. The molecule has 14 radical (unpaired) electrons. The summed E-state index contributed by atoms with van der Waals surface area (Å²) < 4.78 is 1.99. The lowest BCUT2D eigenvalue weighted by Crippen LogP contribution is -2.56. The number of benzene rings is 2. The summed E-state index contributed by atoms with van der Waals surface area (Å²) in [5.41, 5.74) is 1.43. The largest absolute Gasteiger partial charge is 0.331 e. The second kappa shape index (κ2) is 9.41. The zero-order chi connectivity index (χ0) is 25.6. The molecule has 0 fully saturated rings. The van der Waals surface area contributed by atoms with Gasteiger partial charge in [0.15, 0.2) is 0 Å². The monoisotopic (exact) mass is 438 g/mol. The zero-order valence-electron chi connectivity index (χ0n) is 19.3. The Balaban J connectivity index is 1.68. The maximum atomic E-state index is 12.9. The fourth-order valence-corrected chi connectivity index (χ4v) is 3.72. The van der Waals surface area contributed by atoms with E-state index in [-0.39, 0.29) is 49.6 Å². The van der Waals surface area contributed by atoms with Gasteiger partial charge in [0.2, 0.25) is 5.91 Å². The van der Waals surface area contributed by atoms with Crippen molar-refractivity contribution in [2.45, 2.75) is 6.92 Å². The van der Waals surface area contributed by atoms with Gasteiger partial charge in [-0.05, 0) is 35.5 Å². The average molecular weight is 437 g/mol. The number of rotatable bonds is 4. The molecule has 0 aliphatic heterocycles. The van der Waals surface area contributed by atoms with Gasteiger partial charge in [-0.15, -0.1) is 16.4 Å². The number of fused-ring (bicyclic) bond motifs is 1. The van der Waals surface area contributed by atoms with Crippen molar-refractivity contribution in [1.29, 1.82) is 0 Å². The summed E-state index contributed by atoms with van der Waals surface area (Å²) in [6.07, 6.45) is 3.45. The summed E-state index contributed by atoms with van der Waals surface area (Å²) in [6, 6.07) is 7.64. The lowest BCUT2D eigenvalue weighted by atomic mass is 9.57. The highest BCUT2D eigenvalue weighted by molar-refractivity contribution is 6.70. The molecule has 1 amide bonds. The number of hydrogen-bond acceptors (Lipinski definition) is 3. The molecule has 152 valence electrons. The summed E-state index contributed by atoms with van der Waals surface area (Å²) >= 11 is 0. The number of carbonyl (C=O) groups is 1. The Morgan fingerprint density at radius 2 is 1.49 bits per heavy atom. The van der Waals surface area contributed by atoms with Crippen molar-refractivity contribution in [2.75, 3.05) is 5.32 Å². The van der Waals surface area contributed by atoms with Crippen molar-refractivity contribution < 1.29 is 4.79 Å². The first-order chi connectivity index (χ1) is 16.5. The first-order valence-electron chi connectivity index (χ1n) is 10.5. The van der Waals surface area contributed by atoms with E-state index in [1.165, 1.54) is 0 Å². The van der Waals surface area contributed by atoms with E-state index >= 15 is 0 Å². The number of imidazole rings is 1. The fraction of sp³-hybridized carbons (Fsp3) is 0.0870. The van der Waals surface area contributed by atoms with E-state index in [1.54, 1.807) is 12.3 Å². The Kier molecular flexibility index (Phi) is 6.67. The lowest BCUT2D eigenvalue weighted by molar-refractivity contribution is -0.112. The van der Waals surface area contributed by atoms with Crippen LogP contribution in [0.4, 0.5) is 5.82 Å². The van der Waals surface area contributed by atoms with Crippen LogP contribution >= 0.6 is 0 Å². The molecule has 4 aromatic rings. The second-order valence-corrected chi connectivity index (χ2v) is 8.11. The van der Waals surface area contributed by atoms with E-state index < -0.39 is 5.91 Å². The number of anilines is 1. The topological polar surface area (TPSA) is 59.8 Å². The maximum Gasteiger partial charge on any atom is 0.241 e. The molecule has 0 unspecified atom stereocenters. The van der Waals surface area contributed by atoms with Crippen LogP contribution in [0.15, 0.2) is 42.1 Å². The molecule has 0 spiro atoms. The average Bonchev–Trinajstić information content (AvgIpc) is 3.18. The second-order valence-electron chi connectivity index (χ2n) is 8.11. The Bertz CT molecular complexity index is 1520. The quantitative estimate of drug-likeness (QED) is 0.285. The van der Waals surface area contributed by atoms with Gasteiger partial charge in [0, 0.05) is 24.2 Å². The molecule has 4 rings (SSSR count). The minimum absolute atomic E-state index is 0.00141. The number of aromatic nitrogens is 3. The van der Waals surface area contributed by atoms with Gasteiger partial charge in [-0.25, -0.2) is 9.97 Å². The van der Waals surface area contributed by atoms with Crippen molar-refractivity contribution in [2.24, 2.45) is 7.05 Å². The predicted octanol–water partition coefficient (Wildman–Crippen LogP) is -2.44. The number of amides is 1. The van der Waals surface area contributed by atoms with E-state index in [0.717, 1.165) is 27.9 Å². The molecule has 0 saturated heterocycles. The minimum Gasteiger partial charge on any atom is -0.331 e. The SMILES string of the molecule is [B]/C(C(=O)Nc1cc2cc(-c3cnc(C)n3C)ccc2cn1)=C(/[B])c1c([B])c([B])c([B])c([B])c1[B]. The highest BCUT2D eigenvalue weighted by Crippen LogP contribution is 2.26. The molecular weight excluding hydrogens is 424 g/mol. The molecule has 35 heavy (non-hydrogen) atoms. The van der Waals surface area contributed by atoms with Gasteiger partial charge < -0.3 is 9.88 Å². The maximum absolute atomic E-state index is 12.9. The zero-order valence-corrected chi connectivity index (χ0v) is 19.3. The molecule has 0 aliphatic rings. The third-order valence-corrected chi connectivity index (χ3v) is 5.98. The van der Waals surface area contributed by atoms with Gasteiger partial charge in [-0.2, -0.15) is 0 Å². The Labute approximate surface area is 213 Å². The van der Waals surface area contributed by atoms with E-state index in [2.05, 4.69) is 15.3 Å². The van der Waals surface area contributed by atoms with Crippen molar-refractivity contribution in [3.63, 3.8) is 0 Å². The number of nitrogens with one attached hydrogen (secondary N) is 1. The van der Waals surface area contributed by atoms with Crippen molar-refractivity contribution in [3.8, 4) is 11.3 Å². The number of aryl methyl sites for hydroxylation is 1. The smallest absolute Gasteiger partial charge is 0.241 e. The molecule has 2 aromatic heterocycles. The van der Waals surface area contributed by atoms with E-state index in [9.17, 15) is 4.79 Å². The summed E-state index contributed by atoms with van der Waals surface area (Å²) in [7, 11) is 43.7. The van der Waals surface area contributed by atoms with Crippen LogP contribution in [0.5, 0.6) is 0 Å². The first kappa shape index (κ1) is 24.8.